The topological polar surface area (TPSA) is 29.9 Å². The lowest BCUT2D eigenvalue weighted by Crippen LogP contribution is -2.14. The maximum absolute atomic E-state index is 4.41. The van der Waals surface area contributed by atoms with Crippen LogP contribution in [-0.4, -0.2) is 16.1 Å². The van der Waals surface area contributed by atoms with Crippen LogP contribution in [0.3, 0.4) is 0 Å². The largest absolute Gasteiger partial charge is 0.355 e. The first kappa shape index (κ1) is 11.3. The van der Waals surface area contributed by atoms with Gasteiger partial charge in [0, 0.05) is 24.6 Å². The van der Waals surface area contributed by atoms with Gasteiger partial charge in [0.1, 0.15) is 0 Å². The summed E-state index contributed by atoms with van der Waals surface area (Å²) in [5.74, 6) is 1.78. The van der Waals surface area contributed by atoms with Crippen LogP contribution >= 0.6 is 0 Å². The molecule has 1 aromatic heterocycles. The lowest BCUT2D eigenvalue weighted by atomic mass is 10.1. The Labute approximate surface area is 108 Å². The minimum Gasteiger partial charge on any atom is -0.355 e. The van der Waals surface area contributed by atoms with E-state index in [0.717, 1.165) is 24.1 Å². The van der Waals surface area contributed by atoms with Crippen molar-refractivity contribution in [1.29, 1.82) is 0 Å². The average Bonchev–Trinajstić information content (AvgIpc) is 3.09. The van der Waals surface area contributed by atoms with E-state index in [4.69, 9.17) is 0 Å². The molecule has 0 atom stereocenters. The van der Waals surface area contributed by atoms with Gasteiger partial charge in [0.05, 0.1) is 0 Å². The molecular weight excluding hydrogens is 222 g/mol. The molecule has 1 aromatic carbocycles. The smallest absolute Gasteiger partial charge is 0.207 e. The van der Waals surface area contributed by atoms with E-state index in [1.165, 1.54) is 25.7 Å². The minimum atomic E-state index is 0.825. The standard InChI is InChI=1S/C15H19N3/c1-2-8-14(9-3-1)18-11-10-16-15(18)17-12-13-6-4-5-7-13/h1-3,8-11,13H,4-7,12H2,(H,16,17). The van der Waals surface area contributed by atoms with Crippen molar-refractivity contribution in [1.82, 2.24) is 9.55 Å². The summed E-state index contributed by atoms with van der Waals surface area (Å²) in [5.41, 5.74) is 1.16. The summed E-state index contributed by atoms with van der Waals surface area (Å²) in [4.78, 5) is 4.41. The van der Waals surface area contributed by atoms with Gasteiger partial charge in [0.2, 0.25) is 5.95 Å². The van der Waals surface area contributed by atoms with Gasteiger partial charge >= 0.3 is 0 Å². The average molecular weight is 241 g/mol. The Balaban J connectivity index is 1.71. The Morgan fingerprint density at radius 1 is 1.17 bits per heavy atom. The molecular formula is C15H19N3. The fraction of sp³-hybridized carbons (Fsp3) is 0.400. The van der Waals surface area contributed by atoms with E-state index >= 15 is 0 Å². The monoisotopic (exact) mass is 241 g/mol. The first-order chi connectivity index (χ1) is 8.93. The highest BCUT2D eigenvalue weighted by Gasteiger charge is 2.15. The molecule has 2 aromatic rings. The number of hydrogen-bond acceptors (Lipinski definition) is 2. The quantitative estimate of drug-likeness (QED) is 0.888. The lowest BCUT2D eigenvalue weighted by Gasteiger charge is -2.13. The third kappa shape index (κ3) is 2.40. The number of rotatable bonds is 4. The SMILES string of the molecule is c1ccc(-n2ccnc2NCC2CCCC2)cc1. The molecule has 1 heterocycles. The first-order valence-electron chi connectivity index (χ1n) is 6.76. The number of aromatic nitrogens is 2. The number of imidazole rings is 1. The Morgan fingerprint density at radius 2 is 1.94 bits per heavy atom. The van der Waals surface area contributed by atoms with E-state index < -0.39 is 0 Å². The lowest BCUT2D eigenvalue weighted by molar-refractivity contribution is 0.577. The predicted octanol–water partition coefficient (Wildman–Crippen LogP) is 3.47. The van der Waals surface area contributed by atoms with Gasteiger partial charge in [0.25, 0.3) is 0 Å². The van der Waals surface area contributed by atoms with E-state index in [-0.39, 0.29) is 0 Å². The van der Waals surface area contributed by atoms with Crippen molar-refractivity contribution in [2.45, 2.75) is 25.7 Å². The van der Waals surface area contributed by atoms with Gasteiger partial charge < -0.3 is 5.32 Å². The normalized spacial score (nSPS) is 16.0. The molecule has 0 bridgehead atoms. The second kappa shape index (κ2) is 5.25. The van der Waals surface area contributed by atoms with E-state index in [1.54, 1.807) is 0 Å². The van der Waals surface area contributed by atoms with Crippen molar-refractivity contribution in [2.75, 3.05) is 11.9 Å². The molecule has 0 radical (unpaired) electrons. The van der Waals surface area contributed by atoms with Crippen LogP contribution in [0.15, 0.2) is 42.7 Å². The molecule has 1 saturated carbocycles. The molecule has 3 heteroatoms. The molecule has 0 unspecified atom stereocenters. The third-order valence-corrected chi connectivity index (χ3v) is 3.70. The summed E-state index contributed by atoms with van der Waals surface area (Å²) in [5, 5.41) is 3.49. The van der Waals surface area contributed by atoms with Crippen molar-refractivity contribution in [3.8, 4) is 5.69 Å². The number of hydrogen-bond donors (Lipinski definition) is 1. The summed E-state index contributed by atoms with van der Waals surface area (Å²) >= 11 is 0. The van der Waals surface area contributed by atoms with Crippen LogP contribution in [0.1, 0.15) is 25.7 Å². The van der Waals surface area contributed by atoms with Crippen LogP contribution in [0.5, 0.6) is 0 Å². The summed E-state index contributed by atoms with van der Waals surface area (Å²) in [7, 11) is 0. The Bertz CT molecular complexity index is 483. The Kier molecular flexibility index (Phi) is 3.31. The fourth-order valence-electron chi connectivity index (χ4n) is 2.68. The zero-order chi connectivity index (χ0) is 12.2. The molecule has 0 aliphatic heterocycles. The number of nitrogens with one attached hydrogen (secondary N) is 1. The van der Waals surface area contributed by atoms with Gasteiger partial charge in [-0.2, -0.15) is 0 Å². The van der Waals surface area contributed by atoms with E-state index in [2.05, 4.69) is 39.1 Å². The predicted molar refractivity (Wildman–Crippen MR) is 74.0 cm³/mol. The summed E-state index contributed by atoms with van der Waals surface area (Å²) < 4.78 is 2.11. The second-order valence-electron chi connectivity index (χ2n) is 4.99. The maximum atomic E-state index is 4.41. The van der Waals surface area contributed by atoms with E-state index in [0.29, 0.717) is 0 Å². The number of anilines is 1. The van der Waals surface area contributed by atoms with Crippen LogP contribution in [-0.2, 0) is 0 Å². The molecule has 1 N–H and O–H groups in total. The molecule has 1 aliphatic rings. The maximum Gasteiger partial charge on any atom is 0.207 e. The number of nitrogens with zero attached hydrogens (tertiary/aromatic N) is 2. The van der Waals surface area contributed by atoms with Crippen LogP contribution in [0.25, 0.3) is 5.69 Å². The van der Waals surface area contributed by atoms with Gasteiger partial charge in [-0.25, -0.2) is 4.98 Å². The molecule has 0 saturated heterocycles. The Morgan fingerprint density at radius 3 is 2.72 bits per heavy atom. The highest BCUT2D eigenvalue weighted by molar-refractivity contribution is 5.41. The second-order valence-corrected chi connectivity index (χ2v) is 4.99. The third-order valence-electron chi connectivity index (χ3n) is 3.70. The van der Waals surface area contributed by atoms with Gasteiger partial charge in [-0.3, -0.25) is 4.57 Å². The molecule has 3 rings (SSSR count). The van der Waals surface area contributed by atoms with E-state index in [9.17, 15) is 0 Å². The minimum absolute atomic E-state index is 0.825. The zero-order valence-corrected chi connectivity index (χ0v) is 10.5. The van der Waals surface area contributed by atoms with Gasteiger partial charge in [-0.15, -0.1) is 0 Å². The van der Waals surface area contributed by atoms with Crippen molar-refractivity contribution in [3.05, 3.63) is 42.7 Å². The van der Waals surface area contributed by atoms with Gasteiger partial charge in [-0.1, -0.05) is 31.0 Å². The van der Waals surface area contributed by atoms with Crippen molar-refractivity contribution in [3.63, 3.8) is 0 Å². The molecule has 18 heavy (non-hydrogen) atoms. The first-order valence-corrected chi connectivity index (χ1v) is 6.76. The molecule has 0 spiro atoms. The van der Waals surface area contributed by atoms with Crippen molar-refractivity contribution in [2.24, 2.45) is 5.92 Å². The molecule has 1 aliphatic carbocycles. The van der Waals surface area contributed by atoms with Crippen LogP contribution < -0.4 is 5.32 Å². The molecule has 3 nitrogen and oxygen atoms in total. The highest BCUT2D eigenvalue weighted by atomic mass is 15.2. The fourth-order valence-corrected chi connectivity index (χ4v) is 2.68. The zero-order valence-electron chi connectivity index (χ0n) is 10.5. The molecule has 94 valence electrons. The summed E-state index contributed by atoms with van der Waals surface area (Å²) in [6.45, 7) is 1.05. The Hall–Kier alpha value is -1.77. The summed E-state index contributed by atoms with van der Waals surface area (Å²) in [6, 6.07) is 10.3. The van der Waals surface area contributed by atoms with Gasteiger partial charge in [0.15, 0.2) is 0 Å². The number of para-hydroxylation sites is 1. The van der Waals surface area contributed by atoms with Gasteiger partial charge in [-0.05, 0) is 30.9 Å². The van der Waals surface area contributed by atoms with Crippen LogP contribution in [0.4, 0.5) is 5.95 Å². The van der Waals surface area contributed by atoms with Crippen LogP contribution in [0.2, 0.25) is 0 Å². The van der Waals surface area contributed by atoms with E-state index in [1.807, 2.05) is 18.5 Å². The highest BCUT2D eigenvalue weighted by Crippen LogP contribution is 2.25. The summed E-state index contributed by atoms with van der Waals surface area (Å²) in [6.07, 6.45) is 9.35. The van der Waals surface area contributed by atoms with Crippen LogP contribution in [0, 0.1) is 5.92 Å². The van der Waals surface area contributed by atoms with Crippen molar-refractivity contribution >= 4 is 5.95 Å². The molecule has 1 fully saturated rings. The van der Waals surface area contributed by atoms with Crippen molar-refractivity contribution < 1.29 is 0 Å². The molecule has 0 amide bonds. The number of benzene rings is 1.